The molecule has 0 N–H and O–H groups in total. The van der Waals surface area contributed by atoms with E-state index in [-0.39, 0.29) is 17.8 Å². The van der Waals surface area contributed by atoms with E-state index < -0.39 is 0 Å². The van der Waals surface area contributed by atoms with Crippen molar-refractivity contribution in [1.29, 1.82) is 0 Å². The summed E-state index contributed by atoms with van der Waals surface area (Å²) in [5.41, 5.74) is 26.8. The maximum Gasteiger partial charge on any atom is 0.132 e. The Labute approximate surface area is 779 Å². The highest BCUT2D eigenvalue weighted by Crippen LogP contribution is 2.57. The number of hydrogen-bond donors (Lipinski definition) is 0. The molecule has 3 aromatic heterocycles. The molecule has 0 unspecified atom stereocenters. The van der Waals surface area contributed by atoms with Gasteiger partial charge in [0, 0.05) is 101 Å². The number of para-hydroxylation sites is 6. The van der Waals surface area contributed by atoms with Crippen LogP contribution in [0, 0.1) is 0 Å². The van der Waals surface area contributed by atoms with Crippen LogP contribution in [0.1, 0.15) is 67.8 Å². The molecule has 632 valence electrons. The summed E-state index contributed by atoms with van der Waals surface area (Å²) in [5.74, 6) is 5.66. The third kappa shape index (κ3) is 12.7. The van der Waals surface area contributed by atoms with Crippen molar-refractivity contribution in [2.75, 3.05) is 0 Å². The van der Waals surface area contributed by atoms with Crippen LogP contribution in [0.25, 0.3) is 169 Å². The van der Waals surface area contributed by atoms with Gasteiger partial charge in [0.05, 0.1) is 33.1 Å². The van der Waals surface area contributed by atoms with Gasteiger partial charge in [-0.15, -0.1) is 0 Å². The molecule has 29 rings (SSSR count). The van der Waals surface area contributed by atoms with Crippen molar-refractivity contribution in [1.82, 2.24) is 13.7 Å². The van der Waals surface area contributed by atoms with E-state index in [2.05, 4.69) is 499 Å². The largest absolute Gasteiger partial charge is 0.457 e. The normalized spacial score (nSPS) is 12.8. The summed E-state index contributed by atoms with van der Waals surface area (Å²) in [6.45, 7) is 0. The van der Waals surface area contributed by atoms with Gasteiger partial charge in [0.2, 0.25) is 0 Å². The lowest BCUT2D eigenvalue weighted by atomic mass is 9.78. The lowest BCUT2D eigenvalue weighted by Crippen LogP contribution is -2.13. The molecule has 6 nitrogen and oxygen atoms in total. The molecule has 0 amide bonds. The van der Waals surface area contributed by atoms with Crippen LogP contribution in [0.4, 0.5) is 0 Å². The second-order valence-corrected chi connectivity index (χ2v) is 35.8. The Kier molecular flexibility index (Phi) is 18.1. The molecule has 0 fully saturated rings. The van der Waals surface area contributed by atoms with Crippen LogP contribution in [0.15, 0.2) is 485 Å². The van der Waals surface area contributed by atoms with Crippen molar-refractivity contribution in [2.24, 2.45) is 0 Å². The van der Waals surface area contributed by atoms with Gasteiger partial charge >= 0.3 is 0 Å². The summed E-state index contributed by atoms with van der Waals surface area (Å²) in [4.78, 5) is 0. The second-order valence-electron chi connectivity index (χ2n) is 35.8. The number of nitrogens with zero attached hydrogens (tertiary/aromatic N) is 3. The third-order valence-corrected chi connectivity index (χ3v) is 28.5. The number of hydrogen-bond acceptors (Lipinski definition) is 3. The van der Waals surface area contributed by atoms with Crippen molar-refractivity contribution in [3.8, 4) is 73.8 Å². The number of ether oxygens (including phenoxy) is 3. The predicted molar refractivity (Wildman–Crippen MR) is 560 cm³/mol. The summed E-state index contributed by atoms with van der Waals surface area (Å²) >= 11 is 0. The van der Waals surface area contributed by atoms with Crippen LogP contribution in [-0.2, 0) is 0 Å². The van der Waals surface area contributed by atoms with E-state index in [1.165, 1.54) is 214 Å². The first-order valence-corrected chi connectivity index (χ1v) is 46.6. The van der Waals surface area contributed by atoms with Crippen molar-refractivity contribution in [3.63, 3.8) is 0 Å². The summed E-state index contributed by atoms with van der Waals surface area (Å²) in [6.07, 6.45) is 0. The van der Waals surface area contributed by atoms with Gasteiger partial charge < -0.3 is 27.9 Å². The molecule has 3 aliphatic heterocycles. The van der Waals surface area contributed by atoms with Crippen LogP contribution in [0.5, 0.6) is 34.5 Å². The SMILES string of the molecule is c1cc(C2c3c(ccc4ccccc34)Oc3ccc4ccccc4c32)cc(-n2c3ccccc3c3ccccc32)c1.c1ccc(-n2c3ccccc3c3cc(-c4ccc(C5c6c(ccc7ccccc67)Oc6ccc7ccccc7c65)cc4)ccc32)cc1.c1ccc(-n2c3ccccc3c3ccc(-c4ccc(C5c6c(ccc7ccccc67)Oc6ccc7ccccc7c65)cc4)cc32)cc1. The Hall–Kier alpha value is -17.6. The van der Waals surface area contributed by atoms with Gasteiger partial charge in [-0.1, -0.05) is 370 Å². The highest BCUT2D eigenvalue weighted by molar-refractivity contribution is 6.13. The lowest BCUT2D eigenvalue weighted by Gasteiger charge is -2.31. The summed E-state index contributed by atoms with van der Waals surface area (Å²) in [7, 11) is 0. The van der Waals surface area contributed by atoms with Crippen LogP contribution in [0.3, 0.4) is 0 Å². The summed E-state index contributed by atoms with van der Waals surface area (Å²) in [6, 6.07) is 175. The van der Waals surface area contributed by atoms with Crippen molar-refractivity contribution in [3.05, 3.63) is 535 Å². The first kappa shape index (κ1) is 77.4. The maximum atomic E-state index is 6.66. The van der Waals surface area contributed by atoms with Crippen molar-refractivity contribution < 1.29 is 14.2 Å². The van der Waals surface area contributed by atoms with Crippen LogP contribution in [0.2, 0.25) is 0 Å². The molecule has 3 aliphatic rings. The van der Waals surface area contributed by atoms with Crippen LogP contribution < -0.4 is 14.2 Å². The van der Waals surface area contributed by atoms with Gasteiger partial charge in [-0.25, -0.2) is 0 Å². The smallest absolute Gasteiger partial charge is 0.132 e. The zero-order valence-corrected chi connectivity index (χ0v) is 73.5. The van der Waals surface area contributed by atoms with Gasteiger partial charge in [-0.05, 0) is 219 Å². The average Bonchev–Trinajstić information content (AvgIpc) is 1.71. The van der Waals surface area contributed by atoms with Gasteiger partial charge in [0.25, 0.3) is 0 Å². The summed E-state index contributed by atoms with van der Waals surface area (Å²) < 4.78 is 27.1. The zero-order valence-electron chi connectivity index (χ0n) is 73.5. The fourth-order valence-electron chi connectivity index (χ4n) is 22.6. The number of rotatable bonds is 8. The Morgan fingerprint density at radius 2 is 0.393 bits per heavy atom. The zero-order chi connectivity index (χ0) is 88.7. The van der Waals surface area contributed by atoms with E-state index in [1.807, 2.05) is 0 Å². The molecule has 6 heteroatoms. The first-order chi connectivity index (χ1) is 67.0. The van der Waals surface area contributed by atoms with Crippen LogP contribution in [-0.4, -0.2) is 13.7 Å². The molecule has 0 spiro atoms. The van der Waals surface area contributed by atoms with Crippen molar-refractivity contribution >= 4 is 130 Å². The van der Waals surface area contributed by atoms with Gasteiger partial charge in [-0.3, -0.25) is 0 Å². The molecule has 26 aromatic rings. The fraction of sp³-hybridized carbons (Fsp3) is 0.0233. The first-order valence-electron chi connectivity index (χ1n) is 46.6. The van der Waals surface area contributed by atoms with Crippen LogP contribution >= 0.6 is 0 Å². The number of benzene rings is 23. The van der Waals surface area contributed by atoms with Gasteiger partial charge in [-0.2, -0.15) is 0 Å². The van der Waals surface area contributed by atoms with E-state index in [4.69, 9.17) is 14.2 Å². The minimum Gasteiger partial charge on any atom is -0.457 e. The summed E-state index contributed by atoms with van der Waals surface area (Å²) in [5, 5.41) is 22.3. The van der Waals surface area contributed by atoms with Gasteiger partial charge in [0.1, 0.15) is 34.5 Å². The lowest BCUT2D eigenvalue weighted by molar-refractivity contribution is 0.456. The van der Waals surface area contributed by atoms with Crippen molar-refractivity contribution in [2.45, 2.75) is 17.8 Å². The average molecular weight is 1720 g/mol. The van der Waals surface area contributed by atoms with E-state index in [1.54, 1.807) is 0 Å². The topological polar surface area (TPSA) is 42.5 Å². The quantitative estimate of drug-likeness (QED) is 0.152. The Morgan fingerprint density at radius 3 is 0.748 bits per heavy atom. The third-order valence-electron chi connectivity index (χ3n) is 28.5. The fourth-order valence-corrected chi connectivity index (χ4v) is 22.6. The molecular weight excluding hydrogens is 1640 g/mol. The monoisotopic (exact) mass is 1720 g/mol. The number of fused-ring (bicyclic) bond motifs is 27. The number of aromatic nitrogens is 3. The highest BCUT2D eigenvalue weighted by atomic mass is 16.5. The van der Waals surface area contributed by atoms with Gasteiger partial charge in [0.15, 0.2) is 0 Å². The minimum atomic E-state index is 0.0130. The molecule has 0 bridgehead atoms. The minimum absolute atomic E-state index is 0.0130. The predicted octanol–water partition coefficient (Wildman–Crippen LogP) is 34.5. The van der Waals surface area contributed by atoms with E-state index in [9.17, 15) is 0 Å². The molecule has 0 saturated heterocycles. The van der Waals surface area contributed by atoms with E-state index >= 15 is 0 Å². The Balaban J connectivity index is 0.000000103. The molecule has 6 heterocycles. The molecule has 23 aromatic carbocycles. The van der Waals surface area contributed by atoms with E-state index in [0.29, 0.717) is 0 Å². The standard InChI is InChI=1S/2C45H29NO.C39H25NO/c1-2-12-34(13-3-1)46-39-17-9-8-16-37(39)38-28-33(22-25-40(38)46)29-18-20-32(21-19-29)43-44-35-14-6-4-10-30(35)23-26-41(44)47-42-27-24-31-11-5-7-15-36(31)45(42)43;1-2-12-34(13-3-1)46-39-17-9-8-16-37(39)38-25-22-33(28-40(38)46)29-18-20-32(21-19-29)43-44-35-14-6-4-10-30(35)23-26-41(44)47-42-27-24-31-11-5-7-15-36(31)45(42)43;1-3-14-29-25(10-1)20-22-35-38(29)37(39-30-15-4-2-11-26(30)21-23-36(39)41-35)27-12-9-13-28(24-27)40-33-18-7-5-16-31(33)32-17-6-8-19-34(32)40/h2*1-28,43H;1-24,37H. The molecule has 0 atom stereocenters. The Morgan fingerprint density at radius 1 is 0.141 bits per heavy atom. The maximum absolute atomic E-state index is 6.66. The molecule has 0 aliphatic carbocycles. The molecule has 0 saturated carbocycles. The molecule has 135 heavy (non-hydrogen) atoms. The molecular formula is C129H83N3O3. The second kappa shape index (κ2) is 31.6. The Bertz CT molecular complexity index is 8990. The van der Waals surface area contributed by atoms with E-state index in [0.717, 1.165) is 40.2 Å². The molecule has 0 radical (unpaired) electrons. The highest BCUT2D eigenvalue weighted by Gasteiger charge is 2.37.